The van der Waals surface area contributed by atoms with Crippen molar-refractivity contribution >= 4 is 23.2 Å². The summed E-state index contributed by atoms with van der Waals surface area (Å²) in [6.07, 6.45) is 1.99. The summed E-state index contributed by atoms with van der Waals surface area (Å²) in [5.41, 5.74) is 0.700. The van der Waals surface area contributed by atoms with E-state index in [1.165, 1.54) is 4.57 Å². The zero-order chi connectivity index (χ0) is 14.4. The fourth-order valence-corrected chi connectivity index (χ4v) is 2.38. The third kappa shape index (κ3) is 4.51. The number of carbonyl (C=O) groups is 2. The van der Waals surface area contributed by atoms with Gasteiger partial charge in [0.1, 0.15) is 12.6 Å². The number of carboxylic acid groups (broad SMARTS) is 1. The van der Waals surface area contributed by atoms with Crippen LogP contribution in [0.4, 0.5) is 0 Å². The topological polar surface area (TPSA) is 88.4 Å². The van der Waals surface area contributed by atoms with Crippen molar-refractivity contribution in [2.24, 2.45) is 0 Å². The molecule has 0 aliphatic heterocycles. The number of aromatic nitrogens is 1. The number of aryl methyl sites for hydroxylation is 1. The van der Waals surface area contributed by atoms with Crippen LogP contribution in [0.1, 0.15) is 31.9 Å². The summed E-state index contributed by atoms with van der Waals surface area (Å²) < 4.78 is 1.33. The molecule has 6 nitrogen and oxygen atoms in total. The molecule has 0 spiro atoms. The highest BCUT2D eigenvalue weighted by atomic mass is 32.1. The van der Waals surface area contributed by atoms with Crippen molar-refractivity contribution < 1.29 is 14.7 Å². The van der Waals surface area contributed by atoms with Gasteiger partial charge in [0.05, 0.1) is 0 Å². The molecular formula is C12H18N2O4S. The molecule has 1 aromatic rings. The Kier molecular flexibility index (Phi) is 5.75. The van der Waals surface area contributed by atoms with Crippen molar-refractivity contribution in [3.05, 3.63) is 20.7 Å². The van der Waals surface area contributed by atoms with Crippen molar-refractivity contribution in [1.29, 1.82) is 0 Å². The van der Waals surface area contributed by atoms with E-state index in [-0.39, 0.29) is 11.4 Å². The molecule has 1 heterocycles. The lowest BCUT2D eigenvalue weighted by molar-refractivity contribution is -0.142. The number of thiazole rings is 1. The number of carbonyl (C=O) groups excluding carboxylic acids is 1. The maximum absolute atomic E-state index is 11.8. The third-order valence-electron chi connectivity index (χ3n) is 2.76. The van der Waals surface area contributed by atoms with Crippen LogP contribution in [-0.2, 0) is 16.1 Å². The summed E-state index contributed by atoms with van der Waals surface area (Å²) in [6, 6.07) is -0.887. The fourth-order valence-electron chi connectivity index (χ4n) is 1.65. The first-order valence-electron chi connectivity index (χ1n) is 6.12. The number of carboxylic acids is 1. The number of amides is 1. The first kappa shape index (κ1) is 15.4. The van der Waals surface area contributed by atoms with Crippen LogP contribution < -0.4 is 10.2 Å². The molecule has 1 unspecified atom stereocenters. The van der Waals surface area contributed by atoms with Gasteiger partial charge in [0, 0.05) is 11.1 Å². The molecule has 0 fully saturated rings. The highest BCUT2D eigenvalue weighted by molar-refractivity contribution is 7.07. The lowest BCUT2D eigenvalue weighted by Crippen LogP contribution is -2.43. The molecular weight excluding hydrogens is 268 g/mol. The second-order valence-corrected chi connectivity index (χ2v) is 5.15. The van der Waals surface area contributed by atoms with Crippen LogP contribution in [0.5, 0.6) is 0 Å². The number of hydrogen-bond acceptors (Lipinski definition) is 4. The largest absolute Gasteiger partial charge is 0.480 e. The van der Waals surface area contributed by atoms with E-state index in [1.54, 1.807) is 12.3 Å². The minimum Gasteiger partial charge on any atom is -0.480 e. The molecule has 1 atom stereocenters. The lowest BCUT2D eigenvalue weighted by Gasteiger charge is -2.14. The van der Waals surface area contributed by atoms with E-state index in [0.29, 0.717) is 12.1 Å². The van der Waals surface area contributed by atoms with Gasteiger partial charge in [-0.25, -0.2) is 4.79 Å². The highest BCUT2D eigenvalue weighted by Gasteiger charge is 2.19. The SMILES string of the molecule is CCCCC(NC(=O)Cn1c(C)csc1=O)C(=O)O. The molecule has 1 amide bonds. The Balaban J connectivity index is 2.63. The number of nitrogens with zero attached hydrogens (tertiary/aromatic N) is 1. The van der Waals surface area contributed by atoms with Crippen LogP contribution >= 0.6 is 11.3 Å². The number of unbranched alkanes of at least 4 members (excludes halogenated alkanes) is 1. The van der Waals surface area contributed by atoms with Gasteiger partial charge in [0.2, 0.25) is 5.91 Å². The van der Waals surface area contributed by atoms with E-state index in [1.807, 2.05) is 6.92 Å². The summed E-state index contributed by atoms with van der Waals surface area (Å²) in [7, 11) is 0. The molecule has 19 heavy (non-hydrogen) atoms. The van der Waals surface area contributed by atoms with Crippen LogP contribution in [0.3, 0.4) is 0 Å². The second-order valence-electron chi connectivity index (χ2n) is 4.33. The zero-order valence-electron chi connectivity index (χ0n) is 11.0. The maximum atomic E-state index is 11.8. The van der Waals surface area contributed by atoms with E-state index in [4.69, 9.17) is 5.11 Å². The number of nitrogens with one attached hydrogen (secondary N) is 1. The van der Waals surface area contributed by atoms with Crippen LogP contribution in [0.2, 0.25) is 0 Å². The molecule has 0 saturated heterocycles. The Labute approximate surface area is 115 Å². The van der Waals surface area contributed by atoms with Crippen LogP contribution in [0.15, 0.2) is 10.2 Å². The number of aliphatic carboxylic acids is 1. The highest BCUT2D eigenvalue weighted by Crippen LogP contribution is 2.02. The molecule has 2 N–H and O–H groups in total. The van der Waals surface area contributed by atoms with Gasteiger partial charge in [0.15, 0.2) is 0 Å². The van der Waals surface area contributed by atoms with E-state index in [9.17, 15) is 14.4 Å². The molecule has 1 rings (SSSR count). The van der Waals surface area contributed by atoms with E-state index in [0.717, 1.165) is 24.2 Å². The molecule has 0 aliphatic carbocycles. The maximum Gasteiger partial charge on any atom is 0.326 e. The summed E-state index contributed by atoms with van der Waals surface area (Å²) in [5.74, 6) is -1.50. The van der Waals surface area contributed by atoms with E-state index in [2.05, 4.69) is 5.32 Å². The summed E-state index contributed by atoms with van der Waals surface area (Å²) in [6.45, 7) is 3.55. The minimum atomic E-state index is -1.05. The standard InChI is InChI=1S/C12H18N2O4S/c1-3-4-5-9(11(16)17)13-10(15)6-14-8(2)7-19-12(14)18/h7,9H,3-6H2,1-2H3,(H,13,15)(H,16,17). The lowest BCUT2D eigenvalue weighted by atomic mass is 10.1. The smallest absolute Gasteiger partial charge is 0.326 e. The van der Waals surface area contributed by atoms with Crippen molar-refractivity contribution in [3.8, 4) is 0 Å². The first-order chi connectivity index (χ1) is 8.95. The first-order valence-corrected chi connectivity index (χ1v) is 7.00. The monoisotopic (exact) mass is 286 g/mol. The average Bonchev–Trinajstić information content (AvgIpc) is 2.66. The van der Waals surface area contributed by atoms with Gasteiger partial charge in [-0.2, -0.15) is 0 Å². The van der Waals surface area contributed by atoms with Crippen molar-refractivity contribution in [1.82, 2.24) is 9.88 Å². The van der Waals surface area contributed by atoms with Gasteiger partial charge in [-0.15, -0.1) is 0 Å². The molecule has 7 heteroatoms. The predicted octanol–water partition coefficient (Wildman–Crippen LogP) is 0.978. The minimum absolute atomic E-state index is 0.135. The van der Waals surface area contributed by atoms with Gasteiger partial charge >= 0.3 is 10.8 Å². The average molecular weight is 286 g/mol. The molecule has 0 aliphatic rings. The van der Waals surface area contributed by atoms with Gasteiger partial charge in [-0.1, -0.05) is 31.1 Å². The fraction of sp³-hybridized carbons (Fsp3) is 0.583. The third-order valence-corrected chi connectivity index (χ3v) is 3.64. The number of rotatable bonds is 7. The zero-order valence-corrected chi connectivity index (χ0v) is 11.8. The van der Waals surface area contributed by atoms with Crippen molar-refractivity contribution in [2.45, 2.75) is 45.7 Å². The Hall–Kier alpha value is -1.63. The Bertz CT molecular complexity index is 506. The Morgan fingerprint density at radius 2 is 2.21 bits per heavy atom. The van der Waals surface area contributed by atoms with Gasteiger partial charge in [0.25, 0.3) is 0 Å². The predicted molar refractivity (Wildman–Crippen MR) is 72.4 cm³/mol. The summed E-state index contributed by atoms with van der Waals surface area (Å²) in [5, 5.41) is 13.1. The van der Waals surface area contributed by atoms with Crippen LogP contribution in [-0.4, -0.2) is 27.6 Å². The molecule has 0 saturated carbocycles. The van der Waals surface area contributed by atoms with E-state index < -0.39 is 17.9 Å². The molecule has 0 aromatic carbocycles. The molecule has 1 aromatic heterocycles. The molecule has 106 valence electrons. The summed E-state index contributed by atoms with van der Waals surface area (Å²) >= 11 is 1.02. The normalized spacial score (nSPS) is 12.1. The Morgan fingerprint density at radius 3 is 2.68 bits per heavy atom. The van der Waals surface area contributed by atoms with E-state index >= 15 is 0 Å². The molecule has 0 radical (unpaired) electrons. The van der Waals surface area contributed by atoms with Crippen molar-refractivity contribution in [2.75, 3.05) is 0 Å². The van der Waals surface area contributed by atoms with Gasteiger partial charge < -0.3 is 10.4 Å². The van der Waals surface area contributed by atoms with Crippen molar-refractivity contribution in [3.63, 3.8) is 0 Å². The van der Waals surface area contributed by atoms with Gasteiger partial charge in [-0.3, -0.25) is 14.2 Å². The summed E-state index contributed by atoms with van der Waals surface area (Å²) in [4.78, 5) is 34.0. The second kappa shape index (κ2) is 7.08. The van der Waals surface area contributed by atoms with Crippen LogP contribution in [0, 0.1) is 6.92 Å². The molecule has 0 bridgehead atoms. The number of hydrogen-bond donors (Lipinski definition) is 2. The van der Waals surface area contributed by atoms with Crippen LogP contribution in [0.25, 0.3) is 0 Å². The Morgan fingerprint density at radius 1 is 1.53 bits per heavy atom. The quantitative estimate of drug-likeness (QED) is 0.782. The van der Waals surface area contributed by atoms with Gasteiger partial charge in [-0.05, 0) is 13.3 Å².